The maximum Gasteiger partial charge on any atom is 0.253 e. The third-order valence-electron chi connectivity index (χ3n) is 2.09. The standard InChI is InChI=1S/C13H12N2O2/c1-3-8-17-10(2)13(16)15-12-7-5-4-6-11(12)9-14/h1,4-7,10H,8H2,2H3,(H,15,16). The van der Waals surface area contributed by atoms with Crippen LogP contribution >= 0.6 is 0 Å². The van der Waals surface area contributed by atoms with Crippen molar-refractivity contribution in [1.29, 1.82) is 5.26 Å². The number of rotatable bonds is 4. The van der Waals surface area contributed by atoms with E-state index in [0.29, 0.717) is 11.3 Å². The third-order valence-corrected chi connectivity index (χ3v) is 2.09. The highest BCUT2D eigenvalue weighted by molar-refractivity contribution is 5.95. The third kappa shape index (κ3) is 3.64. The summed E-state index contributed by atoms with van der Waals surface area (Å²) in [5.41, 5.74) is 0.876. The molecule has 1 rings (SSSR count). The molecule has 4 heteroatoms. The summed E-state index contributed by atoms with van der Waals surface area (Å²) in [6.07, 6.45) is 4.37. The average Bonchev–Trinajstić information content (AvgIpc) is 2.36. The van der Waals surface area contributed by atoms with Crippen molar-refractivity contribution in [3.8, 4) is 18.4 Å². The van der Waals surface area contributed by atoms with Crippen LogP contribution in [0.4, 0.5) is 5.69 Å². The first kappa shape index (κ1) is 12.8. The molecule has 0 bridgehead atoms. The van der Waals surface area contributed by atoms with Gasteiger partial charge in [0.25, 0.3) is 5.91 Å². The van der Waals surface area contributed by atoms with Gasteiger partial charge in [0.15, 0.2) is 0 Å². The Bertz CT molecular complexity index is 483. The molecule has 0 aliphatic carbocycles. The molecule has 0 fully saturated rings. The van der Waals surface area contributed by atoms with Crippen LogP contribution in [-0.4, -0.2) is 18.6 Å². The van der Waals surface area contributed by atoms with Crippen LogP contribution < -0.4 is 5.32 Å². The first-order chi connectivity index (χ1) is 8.19. The zero-order valence-corrected chi connectivity index (χ0v) is 9.43. The maximum atomic E-state index is 11.7. The Kier molecular flexibility index (Phi) is 4.75. The van der Waals surface area contributed by atoms with Crippen molar-refractivity contribution in [3.63, 3.8) is 0 Å². The molecule has 1 atom stereocenters. The minimum Gasteiger partial charge on any atom is -0.356 e. The number of carbonyl (C=O) groups is 1. The van der Waals surface area contributed by atoms with E-state index in [4.69, 9.17) is 16.4 Å². The number of terminal acetylenes is 1. The lowest BCUT2D eigenvalue weighted by Crippen LogP contribution is -2.28. The van der Waals surface area contributed by atoms with Crippen molar-refractivity contribution in [2.24, 2.45) is 0 Å². The van der Waals surface area contributed by atoms with Gasteiger partial charge in [-0.15, -0.1) is 6.42 Å². The molecule has 0 spiro atoms. The maximum absolute atomic E-state index is 11.7. The fourth-order valence-electron chi connectivity index (χ4n) is 1.17. The van der Waals surface area contributed by atoms with Crippen LogP contribution in [0.15, 0.2) is 24.3 Å². The Hall–Kier alpha value is -2.30. The first-order valence-corrected chi connectivity index (χ1v) is 5.04. The van der Waals surface area contributed by atoms with Crippen LogP contribution in [0.2, 0.25) is 0 Å². The zero-order chi connectivity index (χ0) is 12.7. The minimum atomic E-state index is -0.655. The van der Waals surface area contributed by atoms with Gasteiger partial charge in [0.05, 0.1) is 11.3 Å². The lowest BCUT2D eigenvalue weighted by molar-refractivity contribution is -0.125. The predicted molar refractivity (Wildman–Crippen MR) is 64.0 cm³/mol. The van der Waals surface area contributed by atoms with Gasteiger partial charge in [-0.1, -0.05) is 18.1 Å². The van der Waals surface area contributed by atoms with Gasteiger partial charge in [-0.2, -0.15) is 5.26 Å². The van der Waals surface area contributed by atoms with E-state index >= 15 is 0 Å². The summed E-state index contributed by atoms with van der Waals surface area (Å²) in [6, 6.07) is 8.75. The highest BCUT2D eigenvalue weighted by Crippen LogP contribution is 2.13. The minimum absolute atomic E-state index is 0.0779. The fraction of sp³-hybridized carbons (Fsp3) is 0.231. The largest absolute Gasteiger partial charge is 0.356 e. The summed E-state index contributed by atoms with van der Waals surface area (Å²) in [7, 11) is 0. The van der Waals surface area contributed by atoms with Crippen molar-refractivity contribution in [2.45, 2.75) is 13.0 Å². The molecule has 0 aromatic heterocycles. The molecule has 0 heterocycles. The lowest BCUT2D eigenvalue weighted by Gasteiger charge is -2.12. The summed E-state index contributed by atoms with van der Waals surface area (Å²) in [5, 5.41) is 11.5. The number of para-hydroxylation sites is 1. The van der Waals surface area contributed by atoms with Crippen molar-refractivity contribution < 1.29 is 9.53 Å². The van der Waals surface area contributed by atoms with Gasteiger partial charge in [-0.3, -0.25) is 4.79 Å². The number of nitriles is 1. The Morgan fingerprint density at radius 3 is 2.94 bits per heavy atom. The van der Waals surface area contributed by atoms with Gasteiger partial charge < -0.3 is 10.1 Å². The number of anilines is 1. The Balaban J connectivity index is 2.69. The molecule has 0 radical (unpaired) electrons. The van der Waals surface area contributed by atoms with Crippen LogP contribution in [0, 0.1) is 23.7 Å². The molecule has 1 unspecified atom stereocenters. The number of hydrogen-bond acceptors (Lipinski definition) is 3. The normalized spacial score (nSPS) is 11.0. The number of ether oxygens (including phenoxy) is 1. The lowest BCUT2D eigenvalue weighted by atomic mass is 10.2. The van der Waals surface area contributed by atoms with Crippen molar-refractivity contribution in [2.75, 3.05) is 11.9 Å². The molecule has 17 heavy (non-hydrogen) atoms. The highest BCUT2D eigenvalue weighted by atomic mass is 16.5. The van der Waals surface area contributed by atoms with E-state index in [1.54, 1.807) is 31.2 Å². The quantitative estimate of drug-likeness (QED) is 0.795. The predicted octanol–water partition coefficient (Wildman–Crippen LogP) is 1.54. The monoisotopic (exact) mass is 228 g/mol. The number of amides is 1. The average molecular weight is 228 g/mol. The van der Waals surface area contributed by atoms with E-state index < -0.39 is 6.10 Å². The molecular weight excluding hydrogens is 216 g/mol. The van der Waals surface area contributed by atoms with E-state index in [-0.39, 0.29) is 12.5 Å². The van der Waals surface area contributed by atoms with E-state index in [9.17, 15) is 4.79 Å². The molecule has 1 aromatic carbocycles. The SMILES string of the molecule is C#CCOC(C)C(=O)Nc1ccccc1C#N. The molecule has 1 amide bonds. The van der Waals surface area contributed by atoms with Gasteiger partial charge in [0.2, 0.25) is 0 Å². The first-order valence-electron chi connectivity index (χ1n) is 5.04. The van der Waals surface area contributed by atoms with Crippen LogP contribution in [0.1, 0.15) is 12.5 Å². The number of benzene rings is 1. The smallest absolute Gasteiger partial charge is 0.253 e. The molecule has 0 saturated carbocycles. The summed E-state index contributed by atoms with van der Waals surface area (Å²) in [6.45, 7) is 1.68. The second-order valence-electron chi connectivity index (χ2n) is 3.30. The summed E-state index contributed by atoms with van der Waals surface area (Å²) in [5.74, 6) is 1.95. The van der Waals surface area contributed by atoms with E-state index in [1.165, 1.54) is 0 Å². The van der Waals surface area contributed by atoms with Crippen molar-refractivity contribution in [3.05, 3.63) is 29.8 Å². The number of nitrogens with one attached hydrogen (secondary N) is 1. The van der Waals surface area contributed by atoms with Gasteiger partial charge in [-0.05, 0) is 19.1 Å². The molecule has 1 aromatic rings. The topological polar surface area (TPSA) is 62.1 Å². The van der Waals surface area contributed by atoms with Gasteiger partial charge in [0, 0.05) is 0 Å². The van der Waals surface area contributed by atoms with E-state index in [1.807, 2.05) is 6.07 Å². The van der Waals surface area contributed by atoms with Gasteiger partial charge in [0.1, 0.15) is 18.8 Å². The zero-order valence-electron chi connectivity index (χ0n) is 9.43. The number of carbonyl (C=O) groups excluding carboxylic acids is 1. The molecule has 0 aliphatic rings. The Labute approximate surface area is 100 Å². The van der Waals surface area contributed by atoms with E-state index in [2.05, 4.69) is 11.2 Å². The van der Waals surface area contributed by atoms with Crippen LogP contribution in [-0.2, 0) is 9.53 Å². The Morgan fingerprint density at radius 1 is 1.59 bits per heavy atom. The molecule has 4 nitrogen and oxygen atoms in total. The van der Waals surface area contributed by atoms with Crippen LogP contribution in [0.5, 0.6) is 0 Å². The van der Waals surface area contributed by atoms with Crippen molar-refractivity contribution >= 4 is 11.6 Å². The highest BCUT2D eigenvalue weighted by Gasteiger charge is 2.14. The van der Waals surface area contributed by atoms with Crippen molar-refractivity contribution in [1.82, 2.24) is 0 Å². The number of hydrogen-bond donors (Lipinski definition) is 1. The van der Waals surface area contributed by atoms with Crippen LogP contribution in [0.3, 0.4) is 0 Å². The summed E-state index contributed by atoms with van der Waals surface area (Å²) in [4.78, 5) is 11.7. The molecule has 1 N–H and O–H groups in total. The van der Waals surface area contributed by atoms with E-state index in [0.717, 1.165) is 0 Å². The summed E-state index contributed by atoms with van der Waals surface area (Å²) >= 11 is 0. The molecule has 86 valence electrons. The summed E-state index contributed by atoms with van der Waals surface area (Å²) < 4.78 is 5.07. The van der Waals surface area contributed by atoms with Gasteiger partial charge >= 0.3 is 0 Å². The molecular formula is C13H12N2O2. The second-order valence-corrected chi connectivity index (χ2v) is 3.30. The number of nitrogens with zero attached hydrogens (tertiary/aromatic N) is 1. The van der Waals surface area contributed by atoms with Crippen LogP contribution in [0.25, 0.3) is 0 Å². The van der Waals surface area contributed by atoms with Gasteiger partial charge in [-0.25, -0.2) is 0 Å². The fourth-order valence-corrected chi connectivity index (χ4v) is 1.17. The second kappa shape index (κ2) is 6.32. The molecule has 0 aliphatic heterocycles. The molecule has 0 saturated heterocycles. The Morgan fingerprint density at radius 2 is 2.29 bits per heavy atom.